The number of rotatable bonds is 3. The van der Waals surface area contributed by atoms with Gasteiger partial charge in [0, 0.05) is 23.9 Å². The Morgan fingerprint density at radius 1 is 1.04 bits per heavy atom. The van der Waals surface area contributed by atoms with Gasteiger partial charge in [0.25, 0.3) is 0 Å². The average Bonchev–Trinajstić information content (AvgIpc) is 3.01. The molecule has 2 aromatic carbocycles. The number of hydrogen-bond acceptors (Lipinski definition) is 2. The van der Waals surface area contributed by atoms with Gasteiger partial charge in [-0.25, -0.2) is 9.37 Å². The molecule has 1 aromatic heterocycles. The van der Waals surface area contributed by atoms with Crippen molar-refractivity contribution in [3.8, 4) is 11.4 Å². The Morgan fingerprint density at radius 3 is 2.65 bits per heavy atom. The number of nitrogens with zero attached hydrogens (tertiary/aromatic N) is 2. The van der Waals surface area contributed by atoms with Gasteiger partial charge in [0.2, 0.25) is 0 Å². The fraction of sp³-hybridized carbons (Fsp3) is 0.105. The Kier molecular flexibility index (Phi) is 3.42. The van der Waals surface area contributed by atoms with E-state index in [-0.39, 0.29) is 5.82 Å². The molecule has 0 bridgehead atoms. The van der Waals surface area contributed by atoms with Crippen LogP contribution in [0.1, 0.15) is 17.0 Å². The molecule has 1 aliphatic heterocycles. The maximum Gasteiger partial charge on any atom is 0.138 e. The van der Waals surface area contributed by atoms with Crippen LogP contribution in [0.2, 0.25) is 0 Å². The normalized spacial score (nSPS) is 13.2. The molecule has 114 valence electrons. The molecule has 3 nitrogen and oxygen atoms in total. The molecule has 0 amide bonds. The van der Waals surface area contributed by atoms with Crippen molar-refractivity contribution < 1.29 is 4.39 Å². The first-order valence-electron chi connectivity index (χ1n) is 7.59. The highest BCUT2D eigenvalue weighted by molar-refractivity contribution is 5.60. The summed E-state index contributed by atoms with van der Waals surface area (Å²) in [5.74, 6) is 0.703. The lowest BCUT2D eigenvalue weighted by Crippen LogP contribution is -2.20. The van der Waals surface area contributed by atoms with E-state index in [0.717, 1.165) is 22.8 Å². The van der Waals surface area contributed by atoms with E-state index in [0.29, 0.717) is 18.7 Å². The first-order chi connectivity index (χ1) is 11.3. The van der Waals surface area contributed by atoms with Crippen LogP contribution < -0.4 is 0 Å². The van der Waals surface area contributed by atoms with E-state index in [1.807, 2.05) is 54.7 Å². The zero-order valence-corrected chi connectivity index (χ0v) is 12.5. The largest absolute Gasteiger partial charge is 0.367 e. The van der Waals surface area contributed by atoms with Gasteiger partial charge in [-0.05, 0) is 12.1 Å². The predicted octanol–water partition coefficient (Wildman–Crippen LogP) is 4.20. The molecule has 0 unspecified atom stereocenters. The van der Waals surface area contributed by atoms with Gasteiger partial charge in [0.15, 0.2) is 0 Å². The number of fused-ring (bicyclic) bond motifs is 1. The number of benzene rings is 2. The van der Waals surface area contributed by atoms with Crippen molar-refractivity contribution in [2.75, 3.05) is 0 Å². The monoisotopic (exact) mass is 305 g/mol. The molecule has 0 fully saturated rings. The summed E-state index contributed by atoms with van der Waals surface area (Å²) in [5, 5.41) is 0. The van der Waals surface area contributed by atoms with Gasteiger partial charge < -0.3 is 9.88 Å². The van der Waals surface area contributed by atoms with Crippen LogP contribution in [0.15, 0.2) is 60.8 Å². The molecule has 4 rings (SSSR count). The molecule has 23 heavy (non-hydrogen) atoms. The molecule has 0 aliphatic carbocycles. The minimum atomic E-state index is -0.165. The summed E-state index contributed by atoms with van der Waals surface area (Å²) in [5.41, 5.74) is 3.77. The van der Waals surface area contributed by atoms with Crippen LogP contribution in [0.4, 0.5) is 4.39 Å². The number of aromatic amines is 1. The molecule has 2 heterocycles. The lowest BCUT2D eigenvalue weighted by molar-refractivity contribution is 0.348. The van der Waals surface area contributed by atoms with Gasteiger partial charge in [0.05, 0.1) is 17.9 Å². The minimum Gasteiger partial charge on any atom is -0.367 e. The van der Waals surface area contributed by atoms with Gasteiger partial charge in [-0.2, -0.15) is 0 Å². The van der Waals surface area contributed by atoms with Gasteiger partial charge in [-0.3, -0.25) is 0 Å². The zero-order chi connectivity index (χ0) is 15.6. The molecule has 0 atom stereocenters. The van der Waals surface area contributed by atoms with E-state index < -0.39 is 0 Å². The minimum absolute atomic E-state index is 0.165. The van der Waals surface area contributed by atoms with E-state index in [4.69, 9.17) is 0 Å². The first kappa shape index (κ1) is 13.8. The van der Waals surface area contributed by atoms with Crippen molar-refractivity contribution in [2.45, 2.75) is 13.1 Å². The van der Waals surface area contributed by atoms with Crippen molar-refractivity contribution in [3.05, 3.63) is 83.6 Å². The molecule has 0 radical (unpaired) electrons. The molecular weight excluding hydrogens is 289 g/mol. The maximum atomic E-state index is 13.8. The first-order valence-corrected chi connectivity index (χ1v) is 7.59. The number of hydrogen-bond donors (Lipinski definition) is 1. The second-order valence-electron chi connectivity index (χ2n) is 5.63. The Balaban J connectivity index is 1.56. The zero-order valence-electron chi connectivity index (χ0n) is 12.5. The molecule has 3 aromatic rings. The molecule has 1 aliphatic rings. The Labute approximate surface area is 134 Å². The summed E-state index contributed by atoms with van der Waals surface area (Å²) >= 11 is 0. The number of aromatic nitrogens is 2. The maximum absolute atomic E-state index is 13.8. The van der Waals surface area contributed by atoms with E-state index in [2.05, 4.69) is 14.9 Å². The summed E-state index contributed by atoms with van der Waals surface area (Å²) < 4.78 is 13.8. The second-order valence-corrected chi connectivity index (χ2v) is 5.63. The Morgan fingerprint density at radius 2 is 1.83 bits per heavy atom. The lowest BCUT2D eigenvalue weighted by Gasteiger charge is -2.23. The summed E-state index contributed by atoms with van der Waals surface area (Å²) in [4.78, 5) is 10.1. The standard InChI is InChI=1S/C19H16FN3/c20-16-9-5-4-8-15(16)12-23-11-10-17-18(13-23)22-19(21-17)14-6-2-1-3-7-14/h1-11H,12-13H2,(H,21,22). The van der Waals surface area contributed by atoms with Gasteiger partial charge in [0.1, 0.15) is 11.6 Å². The van der Waals surface area contributed by atoms with Crippen LogP contribution in [0.25, 0.3) is 17.5 Å². The summed E-state index contributed by atoms with van der Waals surface area (Å²) in [7, 11) is 0. The average molecular weight is 305 g/mol. The molecular formula is C19H16FN3. The number of imidazole rings is 1. The Bertz CT molecular complexity index is 852. The third-order valence-corrected chi connectivity index (χ3v) is 3.99. The van der Waals surface area contributed by atoms with Crippen LogP contribution in [0.3, 0.4) is 0 Å². The fourth-order valence-corrected chi connectivity index (χ4v) is 2.80. The number of nitrogens with one attached hydrogen (secondary N) is 1. The fourth-order valence-electron chi connectivity index (χ4n) is 2.80. The van der Waals surface area contributed by atoms with Crippen molar-refractivity contribution in [1.82, 2.24) is 14.9 Å². The van der Waals surface area contributed by atoms with Crippen molar-refractivity contribution in [1.29, 1.82) is 0 Å². The molecule has 0 saturated carbocycles. The highest BCUT2D eigenvalue weighted by Crippen LogP contribution is 2.24. The third-order valence-electron chi connectivity index (χ3n) is 3.99. The smallest absolute Gasteiger partial charge is 0.138 e. The van der Waals surface area contributed by atoms with Gasteiger partial charge in [-0.15, -0.1) is 0 Å². The predicted molar refractivity (Wildman–Crippen MR) is 88.7 cm³/mol. The number of H-pyrrole nitrogens is 1. The van der Waals surface area contributed by atoms with Crippen LogP contribution >= 0.6 is 0 Å². The van der Waals surface area contributed by atoms with Crippen LogP contribution in [0, 0.1) is 5.82 Å². The van der Waals surface area contributed by atoms with Crippen LogP contribution in [-0.2, 0) is 13.1 Å². The SMILES string of the molecule is Fc1ccccc1CN1C=Cc2nc(-c3ccccc3)[nH]c2C1. The lowest BCUT2D eigenvalue weighted by atomic mass is 10.1. The van der Waals surface area contributed by atoms with Gasteiger partial charge >= 0.3 is 0 Å². The van der Waals surface area contributed by atoms with E-state index in [1.165, 1.54) is 6.07 Å². The van der Waals surface area contributed by atoms with Crippen molar-refractivity contribution in [3.63, 3.8) is 0 Å². The molecule has 1 N–H and O–H groups in total. The summed E-state index contributed by atoms with van der Waals surface area (Å²) in [6.07, 6.45) is 3.95. The number of halogens is 1. The highest BCUT2D eigenvalue weighted by Gasteiger charge is 2.16. The highest BCUT2D eigenvalue weighted by atomic mass is 19.1. The molecule has 0 spiro atoms. The molecule has 4 heteroatoms. The van der Waals surface area contributed by atoms with Crippen molar-refractivity contribution in [2.24, 2.45) is 0 Å². The Hall–Kier alpha value is -2.88. The van der Waals surface area contributed by atoms with Crippen molar-refractivity contribution >= 4 is 6.08 Å². The van der Waals surface area contributed by atoms with E-state index in [1.54, 1.807) is 6.07 Å². The van der Waals surface area contributed by atoms with Crippen LogP contribution in [-0.4, -0.2) is 14.9 Å². The second kappa shape index (κ2) is 5.72. The summed E-state index contributed by atoms with van der Waals surface area (Å²) in [6.45, 7) is 1.24. The topological polar surface area (TPSA) is 31.9 Å². The molecule has 0 saturated heterocycles. The quantitative estimate of drug-likeness (QED) is 0.786. The summed E-state index contributed by atoms with van der Waals surface area (Å²) in [6, 6.07) is 16.9. The van der Waals surface area contributed by atoms with Gasteiger partial charge in [-0.1, -0.05) is 48.5 Å². The third kappa shape index (κ3) is 2.75. The van der Waals surface area contributed by atoms with E-state index >= 15 is 0 Å². The van der Waals surface area contributed by atoms with E-state index in [9.17, 15) is 4.39 Å². The van der Waals surface area contributed by atoms with Crippen LogP contribution in [0.5, 0.6) is 0 Å².